The highest BCUT2D eigenvalue weighted by molar-refractivity contribution is 6.21. The molecule has 0 saturated heterocycles. The Labute approximate surface area is 130 Å². The number of ketones is 1. The van der Waals surface area contributed by atoms with Crippen LogP contribution >= 0.6 is 0 Å². The van der Waals surface area contributed by atoms with Crippen molar-refractivity contribution in [3.05, 3.63) is 56.7 Å². The molecule has 1 aromatic heterocycles. The number of benzene rings is 3. The average Bonchev–Trinajstić information content (AvgIpc) is 2.88. The third-order valence-electron chi connectivity index (χ3n) is 4.07. The van der Waals surface area contributed by atoms with Gasteiger partial charge in [-0.05, 0) is 12.1 Å². The molecule has 8 heteroatoms. The van der Waals surface area contributed by atoms with Crippen molar-refractivity contribution in [2.75, 3.05) is 0 Å². The van der Waals surface area contributed by atoms with E-state index in [1.165, 1.54) is 24.3 Å². The second-order valence-corrected chi connectivity index (χ2v) is 5.33. The minimum absolute atomic E-state index is 0.00102. The molecule has 7 rings (SSSR count). The lowest BCUT2D eigenvalue weighted by molar-refractivity contribution is -0.187. The molecule has 4 aromatic carbocycles. The molecule has 0 N–H and O–H groups in total. The predicted octanol–water partition coefficient (Wildman–Crippen LogP) is 1.89. The fourth-order valence-electron chi connectivity index (χ4n) is 2.83. The zero-order valence-corrected chi connectivity index (χ0v) is 11.6. The van der Waals surface area contributed by atoms with Gasteiger partial charge in [-0.1, -0.05) is 6.07 Å². The molecular weight excluding hydrogens is 320 g/mol. The summed E-state index contributed by atoms with van der Waals surface area (Å²) < 4.78 is 9.58. The Balaban J connectivity index is 1.39. The van der Waals surface area contributed by atoms with Crippen LogP contribution in [-0.2, 0) is 9.78 Å². The Morgan fingerprint density at radius 2 is 1.62 bits per heavy atom. The van der Waals surface area contributed by atoms with Crippen LogP contribution in [0.3, 0.4) is 0 Å². The van der Waals surface area contributed by atoms with E-state index in [0.29, 0.717) is 5.56 Å². The Hall–Kier alpha value is -3.68. The molecule has 0 atom stereocenters. The molecule has 0 fully saturated rings. The minimum Gasteiger partial charge on any atom is -0.289 e. The Kier molecular flexibility index (Phi) is 2.13. The lowest BCUT2D eigenvalue weighted by Crippen LogP contribution is -2.21. The van der Waals surface area contributed by atoms with Gasteiger partial charge in [-0.2, -0.15) is 0 Å². The molecule has 0 spiro atoms. The van der Waals surface area contributed by atoms with Gasteiger partial charge in [0.2, 0.25) is 11.0 Å². The maximum absolute atomic E-state index is 12.0. The molecule has 0 radical (unpaired) electrons. The summed E-state index contributed by atoms with van der Waals surface area (Å²) in [5.74, 6) is -2.29. The van der Waals surface area contributed by atoms with Crippen molar-refractivity contribution in [1.82, 2.24) is 0 Å². The van der Waals surface area contributed by atoms with Crippen molar-refractivity contribution in [3.63, 3.8) is 0 Å². The molecule has 0 saturated carbocycles. The van der Waals surface area contributed by atoms with E-state index in [9.17, 15) is 19.2 Å². The molecule has 1 heterocycles. The van der Waals surface area contributed by atoms with Crippen molar-refractivity contribution < 1.29 is 33.3 Å². The number of fused-ring (bicyclic) bond motifs is 3. The van der Waals surface area contributed by atoms with Crippen LogP contribution in [-0.4, -0.2) is 17.7 Å². The van der Waals surface area contributed by atoms with E-state index in [0.717, 1.165) is 0 Å². The van der Waals surface area contributed by atoms with Crippen molar-refractivity contribution in [1.29, 1.82) is 0 Å². The second kappa shape index (κ2) is 3.99. The molecule has 24 heavy (non-hydrogen) atoms. The molecule has 8 nitrogen and oxygen atoms in total. The van der Waals surface area contributed by atoms with Crippen molar-refractivity contribution in [2.45, 2.75) is 0 Å². The standard InChI is InChI=1S/C16H4O8/c17-12-5-1-2-6(7(12)3-5)15(19)23-24-16(20)8-4-9-11-13(18)10(8)14(11)22-21-9/h1-4H. The third-order valence-corrected chi connectivity index (χ3v) is 4.07. The quantitative estimate of drug-likeness (QED) is 0.357. The van der Waals surface area contributed by atoms with Crippen LogP contribution in [0.5, 0.6) is 0 Å². The molecule has 5 aromatic rings. The number of carbonyl (C=O) groups is 3. The highest BCUT2D eigenvalue weighted by Gasteiger charge is 2.32. The second-order valence-electron chi connectivity index (χ2n) is 5.33. The maximum atomic E-state index is 12.0. The summed E-state index contributed by atoms with van der Waals surface area (Å²) >= 11 is 0. The summed E-state index contributed by atoms with van der Waals surface area (Å²) in [6.45, 7) is 0. The van der Waals surface area contributed by atoms with E-state index in [2.05, 4.69) is 9.78 Å². The largest absolute Gasteiger partial charge is 0.387 e. The van der Waals surface area contributed by atoms with E-state index in [1.807, 2.05) is 0 Å². The first-order valence-corrected chi connectivity index (χ1v) is 6.78. The smallest absolute Gasteiger partial charge is 0.289 e. The zero-order valence-electron chi connectivity index (χ0n) is 11.6. The minimum atomic E-state index is -1.05. The molecule has 0 unspecified atom stereocenters. The topological polar surface area (TPSA) is 113 Å². The van der Waals surface area contributed by atoms with Gasteiger partial charge in [-0.15, -0.1) is 0 Å². The van der Waals surface area contributed by atoms with E-state index in [4.69, 9.17) is 9.15 Å². The van der Waals surface area contributed by atoms with Gasteiger partial charge in [-0.3, -0.25) is 18.7 Å². The third kappa shape index (κ3) is 1.37. The van der Waals surface area contributed by atoms with Crippen LogP contribution in [0.15, 0.2) is 38.2 Å². The van der Waals surface area contributed by atoms with E-state index in [1.54, 1.807) is 0 Å². The first-order chi connectivity index (χ1) is 11.6. The number of carbonyl (C=O) groups excluding carboxylic acids is 3. The van der Waals surface area contributed by atoms with Gasteiger partial charge in [0, 0.05) is 17.2 Å². The van der Waals surface area contributed by atoms with Gasteiger partial charge in [0.25, 0.3) is 0 Å². The van der Waals surface area contributed by atoms with Crippen molar-refractivity contribution >= 4 is 39.7 Å². The van der Waals surface area contributed by atoms with Crippen LogP contribution in [0.25, 0.3) is 21.9 Å². The summed E-state index contributed by atoms with van der Waals surface area (Å²) in [5, 5.41) is 0.303. The summed E-state index contributed by atoms with van der Waals surface area (Å²) in [4.78, 5) is 56.2. The summed E-state index contributed by atoms with van der Waals surface area (Å²) in [7, 11) is 0. The van der Waals surface area contributed by atoms with Crippen LogP contribution < -0.4 is 5.43 Å². The molecule has 2 aliphatic carbocycles. The van der Waals surface area contributed by atoms with Crippen molar-refractivity contribution in [2.24, 2.45) is 0 Å². The van der Waals surface area contributed by atoms with Crippen LogP contribution in [0, 0.1) is 0 Å². The van der Waals surface area contributed by atoms with Crippen LogP contribution in [0.1, 0.15) is 36.6 Å². The number of hydrogen-bond acceptors (Lipinski definition) is 8. The lowest BCUT2D eigenvalue weighted by atomic mass is 9.87. The summed E-state index contributed by atoms with van der Waals surface area (Å²) in [6.07, 6.45) is 0. The van der Waals surface area contributed by atoms with E-state index >= 15 is 0 Å². The van der Waals surface area contributed by atoms with Gasteiger partial charge in [0.15, 0.2) is 11.4 Å². The molecule has 0 amide bonds. The fraction of sp³-hybridized carbons (Fsp3) is 0. The monoisotopic (exact) mass is 324 g/mol. The highest BCUT2D eigenvalue weighted by Crippen LogP contribution is 2.33. The first-order valence-electron chi connectivity index (χ1n) is 6.78. The van der Waals surface area contributed by atoms with Gasteiger partial charge in [-0.25, -0.2) is 19.4 Å². The van der Waals surface area contributed by atoms with Crippen molar-refractivity contribution in [3.8, 4) is 0 Å². The average molecular weight is 324 g/mol. The molecular formula is C16H4O8. The fourth-order valence-corrected chi connectivity index (χ4v) is 2.83. The lowest BCUT2D eigenvalue weighted by Gasteiger charge is -2.16. The Morgan fingerprint density at radius 3 is 2.29 bits per heavy atom. The van der Waals surface area contributed by atoms with Crippen LogP contribution in [0.2, 0.25) is 0 Å². The highest BCUT2D eigenvalue weighted by atomic mass is 17.2. The zero-order chi connectivity index (χ0) is 16.6. The summed E-state index contributed by atoms with van der Waals surface area (Å²) in [5.41, 5.74) is 0.482. The van der Waals surface area contributed by atoms with E-state index < -0.39 is 17.4 Å². The normalized spacial score (nSPS) is 12.8. The molecule has 6 bridgehead atoms. The van der Waals surface area contributed by atoms with Gasteiger partial charge in [0.1, 0.15) is 5.39 Å². The first kappa shape index (κ1) is 12.8. The summed E-state index contributed by atoms with van der Waals surface area (Å²) in [6, 6.07) is 5.67. The van der Waals surface area contributed by atoms with Gasteiger partial charge >= 0.3 is 11.9 Å². The van der Waals surface area contributed by atoms with E-state index in [-0.39, 0.29) is 44.4 Å². The number of hydrogen-bond donors (Lipinski definition) is 0. The van der Waals surface area contributed by atoms with Gasteiger partial charge < -0.3 is 0 Å². The maximum Gasteiger partial charge on any atom is 0.387 e. The SMILES string of the molecule is O=C(OOC(=O)c1cc2ooc3c1c(=O)c23)c1ccc2cc1C2=O. The Bertz CT molecular complexity index is 1210. The molecule has 116 valence electrons. The predicted molar refractivity (Wildman–Crippen MR) is 75.3 cm³/mol. The number of rotatable bonds is 2. The molecule has 0 aliphatic heterocycles. The Morgan fingerprint density at radius 1 is 0.875 bits per heavy atom. The van der Waals surface area contributed by atoms with Crippen LogP contribution in [0.4, 0.5) is 0 Å². The van der Waals surface area contributed by atoms with Gasteiger partial charge in [0.05, 0.1) is 16.5 Å². The molecule has 2 aliphatic rings.